The molecule has 98 valence electrons. The molecule has 0 bridgehead atoms. The molecule has 16 heavy (non-hydrogen) atoms. The van der Waals surface area contributed by atoms with Crippen LogP contribution in [0.2, 0.25) is 0 Å². The van der Waals surface area contributed by atoms with E-state index in [4.69, 9.17) is 8.85 Å². The Morgan fingerprint density at radius 2 is 1.44 bits per heavy atom. The van der Waals surface area contributed by atoms with E-state index in [9.17, 15) is 0 Å². The van der Waals surface area contributed by atoms with Gasteiger partial charge in [0.1, 0.15) is 0 Å². The molecule has 3 heteroatoms. The maximum atomic E-state index is 5.34. The monoisotopic (exact) mass is 246 g/mol. The van der Waals surface area contributed by atoms with Crippen molar-refractivity contribution in [1.82, 2.24) is 0 Å². The van der Waals surface area contributed by atoms with E-state index in [-0.39, 0.29) is 0 Å². The van der Waals surface area contributed by atoms with E-state index in [1.807, 2.05) is 0 Å². The molecule has 0 spiro atoms. The zero-order valence-corrected chi connectivity index (χ0v) is 12.9. The average Bonchev–Trinajstić information content (AvgIpc) is 3.12. The first-order valence-corrected chi connectivity index (χ1v) is 8.16. The second-order valence-corrected chi connectivity index (χ2v) is 5.55. The standard InChI is InChI=1S/C8H20O2Si.C5H10/c1-3-5-7-9-11-10-8-6-4-2;1-2-5-3-4-5/h3-8,11H2,1-2H3;5H,2-4H2,1H3. The molecule has 1 aliphatic carbocycles. The van der Waals surface area contributed by atoms with Crippen molar-refractivity contribution in [3.05, 3.63) is 0 Å². The smallest absolute Gasteiger partial charge is 0.304 e. The zero-order chi connectivity index (χ0) is 12.1. The number of hydrogen-bond donors (Lipinski definition) is 0. The van der Waals surface area contributed by atoms with Crippen LogP contribution in [0.5, 0.6) is 0 Å². The third kappa shape index (κ3) is 14.1. The van der Waals surface area contributed by atoms with E-state index in [1.165, 1.54) is 44.9 Å². The van der Waals surface area contributed by atoms with Crippen LogP contribution < -0.4 is 0 Å². The van der Waals surface area contributed by atoms with Gasteiger partial charge in [-0.05, 0) is 18.8 Å². The summed E-state index contributed by atoms with van der Waals surface area (Å²) in [5.74, 6) is 1.13. The quantitative estimate of drug-likeness (QED) is 0.458. The average molecular weight is 246 g/mol. The van der Waals surface area contributed by atoms with Gasteiger partial charge in [-0.3, -0.25) is 0 Å². The van der Waals surface area contributed by atoms with Crippen molar-refractivity contribution >= 4 is 10.0 Å². The largest absolute Gasteiger partial charge is 0.399 e. The van der Waals surface area contributed by atoms with Gasteiger partial charge in [0.2, 0.25) is 0 Å². The predicted molar refractivity (Wildman–Crippen MR) is 73.3 cm³/mol. The summed E-state index contributed by atoms with van der Waals surface area (Å²) in [4.78, 5) is 0. The van der Waals surface area contributed by atoms with Crippen molar-refractivity contribution in [1.29, 1.82) is 0 Å². The SMILES string of the molecule is CCC1CC1.CCCCO[SiH2]OCCCC. The summed E-state index contributed by atoms with van der Waals surface area (Å²) in [5, 5.41) is 0. The van der Waals surface area contributed by atoms with Gasteiger partial charge in [0.15, 0.2) is 0 Å². The lowest BCUT2D eigenvalue weighted by Crippen LogP contribution is -2.06. The number of hydrogen-bond acceptors (Lipinski definition) is 2. The highest BCUT2D eigenvalue weighted by Gasteiger charge is 2.17. The first-order chi connectivity index (χ1) is 7.85. The van der Waals surface area contributed by atoms with Crippen LogP contribution >= 0.6 is 0 Å². The number of unbranched alkanes of at least 4 members (excludes halogenated alkanes) is 2. The normalized spacial score (nSPS) is 14.4. The molecule has 1 saturated carbocycles. The molecule has 0 aromatic heterocycles. The highest BCUT2D eigenvalue weighted by molar-refractivity contribution is 6.17. The second kappa shape index (κ2) is 13.2. The predicted octanol–water partition coefficient (Wildman–Crippen LogP) is 3.43. The summed E-state index contributed by atoms with van der Waals surface area (Å²) in [6, 6.07) is 0. The van der Waals surface area contributed by atoms with Gasteiger partial charge in [0.25, 0.3) is 0 Å². The molecule has 0 unspecified atom stereocenters. The minimum Gasteiger partial charge on any atom is -0.399 e. The van der Waals surface area contributed by atoms with Crippen LogP contribution in [-0.4, -0.2) is 23.2 Å². The van der Waals surface area contributed by atoms with Crippen LogP contribution in [-0.2, 0) is 8.85 Å². The minimum atomic E-state index is -0.629. The van der Waals surface area contributed by atoms with Crippen LogP contribution in [0.3, 0.4) is 0 Å². The molecule has 0 atom stereocenters. The lowest BCUT2D eigenvalue weighted by atomic mass is 10.3. The van der Waals surface area contributed by atoms with Crippen LogP contribution in [0.25, 0.3) is 0 Å². The van der Waals surface area contributed by atoms with E-state index in [0.717, 1.165) is 19.1 Å². The molecule has 0 aliphatic heterocycles. The lowest BCUT2D eigenvalue weighted by molar-refractivity contribution is 0.216. The van der Waals surface area contributed by atoms with Crippen molar-refractivity contribution in [3.63, 3.8) is 0 Å². The molecule has 1 fully saturated rings. The van der Waals surface area contributed by atoms with E-state index in [1.54, 1.807) is 0 Å². The fourth-order valence-electron chi connectivity index (χ4n) is 1.20. The van der Waals surface area contributed by atoms with Gasteiger partial charge >= 0.3 is 10.0 Å². The molecule has 1 rings (SSSR count). The van der Waals surface area contributed by atoms with E-state index in [2.05, 4.69) is 20.8 Å². The summed E-state index contributed by atoms with van der Waals surface area (Å²) < 4.78 is 10.7. The van der Waals surface area contributed by atoms with Gasteiger partial charge in [0.05, 0.1) is 0 Å². The van der Waals surface area contributed by atoms with Gasteiger partial charge in [-0.2, -0.15) is 0 Å². The molecule has 1 aliphatic rings. The first-order valence-electron chi connectivity index (χ1n) is 7.00. The fourth-order valence-corrected chi connectivity index (χ4v) is 1.96. The molecule has 2 nitrogen and oxygen atoms in total. The van der Waals surface area contributed by atoms with Gasteiger partial charge in [-0.25, -0.2) is 0 Å². The van der Waals surface area contributed by atoms with Crippen LogP contribution in [0.1, 0.15) is 65.7 Å². The maximum Gasteiger partial charge on any atom is 0.304 e. The Morgan fingerprint density at radius 1 is 0.938 bits per heavy atom. The highest BCUT2D eigenvalue weighted by Crippen LogP contribution is 2.31. The summed E-state index contributed by atoms with van der Waals surface area (Å²) in [7, 11) is -0.629. The maximum absolute atomic E-state index is 5.34. The van der Waals surface area contributed by atoms with Crippen molar-refractivity contribution in [2.75, 3.05) is 13.2 Å². The molecule has 0 heterocycles. The molecule has 0 aromatic rings. The Morgan fingerprint density at radius 3 is 1.69 bits per heavy atom. The summed E-state index contributed by atoms with van der Waals surface area (Å²) in [6.45, 7) is 8.40. The van der Waals surface area contributed by atoms with Crippen molar-refractivity contribution < 1.29 is 8.85 Å². The van der Waals surface area contributed by atoms with Gasteiger partial charge in [0, 0.05) is 13.2 Å². The van der Waals surface area contributed by atoms with Crippen LogP contribution in [0, 0.1) is 5.92 Å². The van der Waals surface area contributed by atoms with Gasteiger partial charge < -0.3 is 8.85 Å². The third-order valence-corrected chi connectivity index (χ3v) is 3.64. The first kappa shape index (κ1) is 16.1. The van der Waals surface area contributed by atoms with E-state index in [0.29, 0.717) is 0 Å². The topological polar surface area (TPSA) is 18.5 Å². The Labute approximate surface area is 104 Å². The lowest BCUT2D eigenvalue weighted by Gasteiger charge is -2.03. The Balaban J connectivity index is 0.000000368. The van der Waals surface area contributed by atoms with Gasteiger partial charge in [-0.15, -0.1) is 0 Å². The molecule has 0 radical (unpaired) electrons. The van der Waals surface area contributed by atoms with Crippen molar-refractivity contribution in [2.45, 2.75) is 65.7 Å². The molecule has 0 saturated heterocycles. The van der Waals surface area contributed by atoms with Gasteiger partial charge in [-0.1, -0.05) is 52.9 Å². The summed E-state index contributed by atoms with van der Waals surface area (Å²) in [5.41, 5.74) is 0. The van der Waals surface area contributed by atoms with E-state index < -0.39 is 10.0 Å². The Kier molecular flexibility index (Phi) is 13.3. The van der Waals surface area contributed by atoms with E-state index >= 15 is 0 Å². The van der Waals surface area contributed by atoms with Crippen molar-refractivity contribution in [2.24, 2.45) is 5.92 Å². The summed E-state index contributed by atoms with van der Waals surface area (Å²) >= 11 is 0. The molecule has 0 amide bonds. The zero-order valence-electron chi connectivity index (χ0n) is 11.5. The van der Waals surface area contributed by atoms with Crippen LogP contribution in [0.4, 0.5) is 0 Å². The molecule has 0 aromatic carbocycles. The fraction of sp³-hybridized carbons (Fsp3) is 1.00. The third-order valence-electron chi connectivity index (χ3n) is 2.73. The Hall–Kier alpha value is 0.137. The molecular weight excluding hydrogens is 216 g/mol. The van der Waals surface area contributed by atoms with Crippen LogP contribution in [0.15, 0.2) is 0 Å². The molecule has 0 N–H and O–H groups in total. The molecular formula is C13H30O2Si. The second-order valence-electron chi connectivity index (χ2n) is 4.49. The number of rotatable bonds is 9. The minimum absolute atomic E-state index is 0.629. The Bertz CT molecular complexity index is 119. The summed E-state index contributed by atoms with van der Waals surface area (Å²) in [6.07, 6.45) is 9.20. The van der Waals surface area contributed by atoms with Crippen molar-refractivity contribution in [3.8, 4) is 0 Å². The highest BCUT2D eigenvalue weighted by atomic mass is 28.3.